The van der Waals surface area contributed by atoms with Crippen molar-refractivity contribution in [2.24, 2.45) is 0 Å². The van der Waals surface area contributed by atoms with Crippen molar-refractivity contribution in [3.05, 3.63) is 56.0 Å². The van der Waals surface area contributed by atoms with Gasteiger partial charge in [0.05, 0.1) is 27.7 Å². The second-order valence-corrected chi connectivity index (χ2v) is 4.68. The highest BCUT2D eigenvalue weighted by molar-refractivity contribution is 14.1. The summed E-state index contributed by atoms with van der Waals surface area (Å²) >= 11 is 1.91. The van der Waals surface area contributed by atoms with Crippen molar-refractivity contribution in [2.75, 3.05) is 0 Å². The number of rotatable bonds is 3. The largest absolute Gasteiger partial charge is 0.478 e. The molecule has 2 aromatic heterocycles. The number of pyridine rings is 1. The molecule has 18 heavy (non-hydrogen) atoms. The number of carbonyl (C=O) groups is 1. The van der Waals surface area contributed by atoms with Crippen molar-refractivity contribution in [3.8, 4) is 0 Å². The zero-order chi connectivity index (χ0) is 13.1. The van der Waals surface area contributed by atoms with Crippen LogP contribution in [0.4, 0.5) is 0 Å². The second-order valence-electron chi connectivity index (χ2n) is 3.52. The van der Waals surface area contributed by atoms with Crippen molar-refractivity contribution >= 4 is 28.6 Å². The van der Waals surface area contributed by atoms with Gasteiger partial charge in [-0.1, -0.05) is 0 Å². The standard InChI is InChI=1S/C11H8IN3O3/c12-9-4-13-6-15(10(9)16)5-8-2-1-7(3-14-8)11(17)18/h1-4,6H,5H2,(H,17,18). The highest BCUT2D eigenvalue weighted by Gasteiger charge is 2.05. The maximum Gasteiger partial charge on any atom is 0.337 e. The molecule has 0 spiro atoms. The lowest BCUT2D eigenvalue weighted by molar-refractivity contribution is 0.0696. The summed E-state index contributed by atoms with van der Waals surface area (Å²) in [5.41, 5.74) is 0.576. The molecular formula is C11H8IN3O3. The highest BCUT2D eigenvalue weighted by Crippen LogP contribution is 2.02. The average molecular weight is 357 g/mol. The molecule has 0 saturated carbocycles. The van der Waals surface area contributed by atoms with Crippen molar-refractivity contribution in [1.82, 2.24) is 14.5 Å². The summed E-state index contributed by atoms with van der Waals surface area (Å²) in [5.74, 6) is -1.03. The summed E-state index contributed by atoms with van der Waals surface area (Å²) < 4.78 is 1.95. The van der Waals surface area contributed by atoms with Gasteiger partial charge in [0.1, 0.15) is 0 Å². The Morgan fingerprint density at radius 1 is 1.39 bits per heavy atom. The van der Waals surface area contributed by atoms with E-state index < -0.39 is 5.97 Å². The van der Waals surface area contributed by atoms with Crippen LogP contribution in [0, 0.1) is 3.57 Å². The third kappa shape index (κ3) is 2.73. The van der Waals surface area contributed by atoms with Gasteiger partial charge < -0.3 is 5.11 Å². The highest BCUT2D eigenvalue weighted by atomic mass is 127. The van der Waals surface area contributed by atoms with Gasteiger partial charge in [-0.15, -0.1) is 0 Å². The fourth-order valence-electron chi connectivity index (χ4n) is 1.36. The normalized spacial score (nSPS) is 10.3. The molecule has 0 saturated heterocycles. The summed E-state index contributed by atoms with van der Waals surface area (Å²) in [6.07, 6.45) is 4.18. The van der Waals surface area contributed by atoms with E-state index >= 15 is 0 Å². The van der Waals surface area contributed by atoms with Gasteiger partial charge in [-0.3, -0.25) is 14.3 Å². The van der Waals surface area contributed by atoms with Gasteiger partial charge in [-0.05, 0) is 34.7 Å². The second kappa shape index (κ2) is 5.25. The fourth-order valence-corrected chi connectivity index (χ4v) is 1.83. The van der Waals surface area contributed by atoms with Crippen LogP contribution in [0.15, 0.2) is 35.6 Å². The summed E-state index contributed by atoms with van der Waals surface area (Å²) in [4.78, 5) is 30.3. The summed E-state index contributed by atoms with van der Waals surface area (Å²) in [5, 5.41) is 8.74. The van der Waals surface area contributed by atoms with Crippen LogP contribution in [0.1, 0.15) is 16.1 Å². The van der Waals surface area contributed by atoms with Crippen LogP contribution in [0.25, 0.3) is 0 Å². The molecule has 0 radical (unpaired) electrons. The maximum atomic E-state index is 11.7. The Morgan fingerprint density at radius 3 is 2.78 bits per heavy atom. The van der Waals surface area contributed by atoms with Gasteiger partial charge in [-0.2, -0.15) is 0 Å². The molecule has 6 nitrogen and oxygen atoms in total. The van der Waals surface area contributed by atoms with Crippen LogP contribution in [0.5, 0.6) is 0 Å². The van der Waals surface area contributed by atoms with E-state index in [1.165, 1.54) is 29.4 Å². The molecule has 0 atom stereocenters. The molecule has 2 rings (SSSR count). The minimum absolute atomic E-state index is 0.117. The molecule has 7 heteroatoms. The zero-order valence-electron chi connectivity index (χ0n) is 9.08. The Kier molecular flexibility index (Phi) is 3.70. The quantitative estimate of drug-likeness (QED) is 0.829. The Balaban J connectivity index is 2.26. The predicted molar refractivity (Wildman–Crippen MR) is 71.5 cm³/mol. The van der Waals surface area contributed by atoms with E-state index in [2.05, 4.69) is 9.97 Å². The fraction of sp³-hybridized carbons (Fsp3) is 0.0909. The number of halogens is 1. The first kappa shape index (κ1) is 12.7. The van der Waals surface area contributed by atoms with E-state index in [1.807, 2.05) is 22.6 Å². The van der Waals surface area contributed by atoms with Crippen molar-refractivity contribution in [2.45, 2.75) is 6.54 Å². The number of hydrogen-bond acceptors (Lipinski definition) is 4. The third-order valence-corrected chi connectivity index (χ3v) is 3.00. The Labute approximate surface area is 115 Å². The predicted octanol–water partition coefficient (Wildman–Crippen LogP) is 0.989. The topological polar surface area (TPSA) is 85.1 Å². The average Bonchev–Trinajstić information content (AvgIpc) is 2.36. The van der Waals surface area contributed by atoms with Crippen LogP contribution < -0.4 is 5.56 Å². The van der Waals surface area contributed by atoms with Gasteiger partial charge in [0.25, 0.3) is 5.56 Å². The SMILES string of the molecule is O=C(O)c1ccc(Cn2cncc(I)c2=O)nc1. The molecule has 0 aromatic carbocycles. The zero-order valence-corrected chi connectivity index (χ0v) is 11.2. The van der Waals surface area contributed by atoms with Crippen molar-refractivity contribution < 1.29 is 9.90 Å². The van der Waals surface area contributed by atoms with E-state index in [9.17, 15) is 9.59 Å². The first-order valence-corrected chi connectivity index (χ1v) is 6.04. The smallest absolute Gasteiger partial charge is 0.337 e. The molecule has 1 N–H and O–H groups in total. The molecule has 0 aliphatic carbocycles. The van der Waals surface area contributed by atoms with E-state index in [0.717, 1.165) is 0 Å². The van der Waals surface area contributed by atoms with E-state index in [-0.39, 0.29) is 17.7 Å². The molecule has 92 valence electrons. The van der Waals surface area contributed by atoms with Crippen LogP contribution in [0.2, 0.25) is 0 Å². The van der Waals surface area contributed by atoms with E-state index in [1.54, 1.807) is 6.07 Å². The molecular weight excluding hydrogens is 349 g/mol. The number of aromatic nitrogens is 3. The van der Waals surface area contributed by atoms with Gasteiger partial charge in [-0.25, -0.2) is 9.78 Å². The number of aromatic carboxylic acids is 1. The summed E-state index contributed by atoms with van der Waals surface area (Å²) in [7, 11) is 0. The number of carboxylic acids is 1. The Morgan fingerprint density at radius 2 is 2.17 bits per heavy atom. The lowest BCUT2D eigenvalue weighted by Gasteiger charge is -2.04. The first-order valence-electron chi connectivity index (χ1n) is 4.96. The van der Waals surface area contributed by atoms with Gasteiger partial charge in [0, 0.05) is 12.4 Å². The van der Waals surface area contributed by atoms with Crippen LogP contribution in [0.3, 0.4) is 0 Å². The van der Waals surface area contributed by atoms with E-state index in [4.69, 9.17) is 5.11 Å². The number of nitrogens with zero attached hydrogens (tertiary/aromatic N) is 3. The molecule has 0 aliphatic rings. The van der Waals surface area contributed by atoms with Crippen molar-refractivity contribution in [3.63, 3.8) is 0 Å². The van der Waals surface area contributed by atoms with E-state index in [0.29, 0.717) is 9.26 Å². The Bertz CT molecular complexity index is 637. The molecule has 0 unspecified atom stereocenters. The lowest BCUT2D eigenvalue weighted by atomic mass is 10.2. The van der Waals surface area contributed by atoms with Gasteiger partial charge in [0.2, 0.25) is 0 Å². The molecule has 0 amide bonds. The van der Waals surface area contributed by atoms with Crippen LogP contribution >= 0.6 is 22.6 Å². The summed E-state index contributed by atoms with van der Waals surface area (Å²) in [6, 6.07) is 3.03. The number of hydrogen-bond donors (Lipinski definition) is 1. The van der Waals surface area contributed by atoms with Gasteiger partial charge in [0.15, 0.2) is 0 Å². The molecule has 0 bridgehead atoms. The van der Waals surface area contributed by atoms with Crippen LogP contribution in [-0.2, 0) is 6.54 Å². The van der Waals surface area contributed by atoms with Crippen LogP contribution in [-0.4, -0.2) is 25.6 Å². The minimum atomic E-state index is -1.03. The first-order chi connectivity index (χ1) is 8.58. The van der Waals surface area contributed by atoms with Gasteiger partial charge >= 0.3 is 5.97 Å². The monoisotopic (exact) mass is 357 g/mol. The maximum absolute atomic E-state index is 11.7. The molecule has 0 fully saturated rings. The minimum Gasteiger partial charge on any atom is -0.478 e. The lowest BCUT2D eigenvalue weighted by Crippen LogP contribution is -2.23. The summed E-state index contributed by atoms with van der Waals surface area (Å²) in [6.45, 7) is 0.266. The van der Waals surface area contributed by atoms with Crippen molar-refractivity contribution in [1.29, 1.82) is 0 Å². The molecule has 0 aliphatic heterocycles. The third-order valence-electron chi connectivity index (χ3n) is 2.26. The number of carboxylic acid groups (broad SMARTS) is 1. The Hall–Kier alpha value is -1.77. The molecule has 2 heterocycles. The molecule has 2 aromatic rings.